The number of piperazine rings is 1. The molecule has 1 N–H and O–H groups in total. The Morgan fingerprint density at radius 2 is 2.05 bits per heavy atom. The van der Waals surface area contributed by atoms with Crippen molar-refractivity contribution in [2.45, 2.75) is 58.0 Å². The summed E-state index contributed by atoms with van der Waals surface area (Å²) >= 11 is 0. The van der Waals surface area contributed by atoms with Crippen molar-refractivity contribution in [3.8, 4) is 0 Å². The van der Waals surface area contributed by atoms with Gasteiger partial charge in [0.15, 0.2) is 0 Å². The molecule has 3 fully saturated rings. The second kappa shape index (κ2) is 4.80. The second-order valence-corrected chi connectivity index (χ2v) is 6.58. The van der Waals surface area contributed by atoms with Crippen LogP contribution in [0.4, 0.5) is 0 Å². The summed E-state index contributed by atoms with van der Waals surface area (Å²) in [5.74, 6) is 2.46. The number of nitrogens with one attached hydrogen (secondary N) is 1. The molecule has 0 aromatic carbocycles. The lowest BCUT2D eigenvalue weighted by atomic mass is 9.87. The van der Waals surface area contributed by atoms with E-state index in [1.54, 1.807) is 6.92 Å². The molecule has 2 bridgehead atoms. The Balaban J connectivity index is 1.73. The van der Waals surface area contributed by atoms with E-state index in [0.717, 1.165) is 18.4 Å². The zero-order valence-corrected chi connectivity index (χ0v) is 11.9. The van der Waals surface area contributed by atoms with Gasteiger partial charge in [-0.05, 0) is 50.4 Å². The Morgan fingerprint density at radius 1 is 1.26 bits per heavy atom. The molecule has 19 heavy (non-hydrogen) atoms. The molecule has 4 nitrogen and oxygen atoms in total. The Morgan fingerprint density at radius 3 is 2.63 bits per heavy atom. The highest BCUT2D eigenvalue weighted by molar-refractivity contribution is 5.96. The van der Waals surface area contributed by atoms with Gasteiger partial charge in [0.25, 0.3) is 0 Å². The van der Waals surface area contributed by atoms with Gasteiger partial charge in [-0.15, -0.1) is 0 Å². The van der Waals surface area contributed by atoms with Crippen LogP contribution in [0, 0.1) is 17.8 Å². The number of hydrogen-bond donors (Lipinski definition) is 1. The van der Waals surface area contributed by atoms with Crippen LogP contribution in [0.1, 0.15) is 46.0 Å². The molecule has 3 aliphatic rings. The van der Waals surface area contributed by atoms with Gasteiger partial charge in [-0.2, -0.15) is 0 Å². The van der Waals surface area contributed by atoms with Crippen molar-refractivity contribution in [2.75, 3.05) is 6.54 Å². The first-order chi connectivity index (χ1) is 9.10. The number of carbonyl (C=O) groups excluding carboxylic acids is 2. The van der Waals surface area contributed by atoms with Gasteiger partial charge in [0.1, 0.15) is 12.1 Å². The number of nitrogens with zero attached hydrogens (tertiary/aromatic N) is 1. The maximum atomic E-state index is 12.3. The maximum absolute atomic E-state index is 12.3. The lowest BCUT2D eigenvalue weighted by Gasteiger charge is -2.40. The third-order valence-electron chi connectivity index (χ3n) is 5.39. The zero-order valence-electron chi connectivity index (χ0n) is 11.9. The van der Waals surface area contributed by atoms with Crippen molar-refractivity contribution < 1.29 is 9.59 Å². The number of fused-ring (bicyclic) bond motifs is 2. The average molecular weight is 264 g/mol. The van der Waals surface area contributed by atoms with E-state index in [-0.39, 0.29) is 23.9 Å². The molecule has 5 atom stereocenters. The smallest absolute Gasteiger partial charge is 0.245 e. The summed E-state index contributed by atoms with van der Waals surface area (Å²) in [7, 11) is 0. The third-order valence-corrected chi connectivity index (χ3v) is 5.39. The molecule has 1 heterocycles. The van der Waals surface area contributed by atoms with E-state index in [1.165, 1.54) is 25.7 Å². The van der Waals surface area contributed by atoms with E-state index in [4.69, 9.17) is 0 Å². The monoisotopic (exact) mass is 264 g/mol. The van der Waals surface area contributed by atoms with Crippen molar-refractivity contribution in [3.63, 3.8) is 0 Å². The summed E-state index contributed by atoms with van der Waals surface area (Å²) in [5.41, 5.74) is 0. The van der Waals surface area contributed by atoms with Gasteiger partial charge in [-0.3, -0.25) is 9.59 Å². The minimum atomic E-state index is -0.353. The van der Waals surface area contributed by atoms with Gasteiger partial charge in [-0.1, -0.05) is 13.3 Å². The second-order valence-electron chi connectivity index (χ2n) is 6.58. The van der Waals surface area contributed by atoms with Crippen molar-refractivity contribution in [2.24, 2.45) is 17.8 Å². The molecular weight excluding hydrogens is 240 g/mol. The molecule has 0 aromatic rings. The van der Waals surface area contributed by atoms with Crippen LogP contribution < -0.4 is 5.32 Å². The van der Waals surface area contributed by atoms with Crippen molar-refractivity contribution >= 4 is 11.8 Å². The molecule has 1 aliphatic heterocycles. The topological polar surface area (TPSA) is 49.4 Å². The highest BCUT2D eigenvalue weighted by Gasteiger charge is 2.44. The summed E-state index contributed by atoms with van der Waals surface area (Å²) in [6.45, 7) is 4.58. The van der Waals surface area contributed by atoms with Crippen LogP contribution in [-0.2, 0) is 9.59 Å². The van der Waals surface area contributed by atoms with Gasteiger partial charge < -0.3 is 10.2 Å². The summed E-state index contributed by atoms with van der Waals surface area (Å²) in [6.07, 6.45) is 6.04. The van der Waals surface area contributed by atoms with Gasteiger partial charge in [-0.25, -0.2) is 0 Å². The summed E-state index contributed by atoms with van der Waals surface area (Å²) in [4.78, 5) is 26.2. The molecule has 0 radical (unpaired) electrons. The van der Waals surface area contributed by atoms with Crippen molar-refractivity contribution in [1.82, 2.24) is 10.2 Å². The van der Waals surface area contributed by atoms with Crippen LogP contribution in [0.25, 0.3) is 0 Å². The summed E-state index contributed by atoms with van der Waals surface area (Å²) in [6, 6.07) is -0.600. The fourth-order valence-corrected chi connectivity index (χ4v) is 4.39. The lowest BCUT2D eigenvalue weighted by molar-refractivity contribution is -0.150. The molecular formula is C15H24N2O2. The fraction of sp³-hybridized carbons (Fsp3) is 0.867. The first-order valence-corrected chi connectivity index (χ1v) is 7.71. The standard InChI is InChI=1S/C15H24N2O2/c1-3-13-14(18)16-9(2)15(19)17(13)8-12-7-10-4-5-11(12)6-10/h9-13H,3-8H2,1-2H3,(H,16,18). The highest BCUT2D eigenvalue weighted by Crippen LogP contribution is 2.48. The zero-order chi connectivity index (χ0) is 13.6. The first kappa shape index (κ1) is 12.9. The van der Waals surface area contributed by atoms with Gasteiger partial charge in [0.05, 0.1) is 0 Å². The number of amides is 2. The van der Waals surface area contributed by atoms with E-state index in [2.05, 4.69) is 5.32 Å². The molecule has 5 unspecified atom stereocenters. The van der Waals surface area contributed by atoms with Gasteiger partial charge in [0, 0.05) is 6.54 Å². The Hall–Kier alpha value is -1.06. The molecule has 2 saturated carbocycles. The summed E-state index contributed by atoms with van der Waals surface area (Å²) < 4.78 is 0. The van der Waals surface area contributed by atoms with E-state index in [0.29, 0.717) is 12.3 Å². The van der Waals surface area contributed by atoms with Gasteiger partial charge >= 0.3 is 0 Å². The van der Waals surface area contributed by atoms with Crippen molar-refractivity contribution in [1.29, 1.82) is 0 Å². The Kier molecular flexibility index (Phi) is 3.27. The third kappa shape index (κ3) is 2.15. The largest absolute Gasteiger partial charge is 0.343 e. The average Bonchev–Trinajstić information content (AvgIpc) is 2.98. The molecule has 1 saturated heterocycles. The lowest BCUT2D eigenvalue weighted by Crippen LogP contribution is -2.63. The van der Waals surface area contributed by atoms with E-state index in [9.17, 15) is 9.59 Å². The number of rotatable bonds is 3. The van der Waals surface area contributed by atoms with E-state index >= 15 is 0 Å². The SMILES string of the molecule is CCC1C(=O)NC(C)C(=O)N1CC1CC2CCC1C2. The fourth-order valence-electron chi connectivity index (χ4n) is 4.39. The Bertz CT molecular complexity index is 396. The predicted molar refractivity (Wildman–Crippen MR) is 72.3 cm³/mol. The maximum Gasteiger partial charge on any atom is 0.245 e. The minimum absolute atomic E-state index is 0.0257. The van der Waals surface area contributed by atoms with E-state index < -0.39 is 0 Å². The van der Waals surface area contributed by atoms with Crippen LogP contribution in [-0.4, -0.2) is 35.3 Å². The number of carbonyl (C=O) groups is 2. The molecule has 106 valence electrons. The highest BCUT2D eigenvalue weighted by atomic mass is 16.2. The Labute approximate surface area is 114 Å². The normalized spacial score (nSPS) is 41.8. The van der Waals surface area contributed by atoms with E-state index in [1.807, 2.05) is 11.8 Å². The van der Waals surface area contributed by atoms with Crippen LogP contribution >= 0.6 is 0 Å². The van der Waals surface area contributed by atoms with Gasteiger partial charge in [0.2, 0.25) is 11.8 Å². The van der Waals surface area contributed by atoms with Crippen LogP contribution in [0.2, 0.25) is 0 Å². The molecule has 0 aromatic heterocycles. The van der Waals surface area contributed by atoms with Crippen LogP contribution in [0.15, 0.2) is 0 Å². The molecule has 0 spiro atoms. The molecule has 3 rings (SSSR count). The van der Waals surface area contributed by atoms with Crippen molar-refractivity contribution in [3.05, 3.63) is 0 Å². The van der Waals surface area contributed by atoms with Crippen LogP contribution in [0.3, 0.4) is 0 Å². The molecule has 2 amide bonds. The first-order valence-electron chi connectivity index (χ1n) is 7.71. The van der Waals surface area contributed by atoms with Crippen LogP contribution in [0.5, 0.6) is 0 Å². The predicted octanol–water partition coefficient (Wildman–Crippen LogP) is 1.55. The molecule has 2 aliphatic carbocycles. The number of hydrogen-bond acceptors (Lipinski definition) is 2. The minimum Gasteiger partial charge on any atom is -0.343 e. The summed E-state index contributed by atoms with van der Waals surface area (Å²) in [5, 5.41) is 2.79. The molecule has 4 heteroatoms. The quantitative estimate of drug-likeness (QED) is 0.840.